The molecular formula is C11H26N2. The molecule has 2 heteroatoms. The average molecular weight is 186 g/mol. The monoisotopic (exact) mass is 186 g/mol. The van der Waals surface area contributed by atoms with Crippen molar-refractivity contribution in [2.45, 2.75) is 46.6 Å². The molecule has 0 aliphatic heterocycles. The fraction of sp³-hybridized carbons (Fsp3) is 1.00. The van der Waals surface area contributed by atoms with Crippen LogP contribution in [0.25, 0.3) is 0 Å². The van der Waals surface area contributed by atoms with Gasteiger partial charge in [0.05, 0.1) is 0 Å². The maximum atomic E-state index is 6.07. The zero-order valence-corrected chi connectivity index (χ0v) is 9.93. The Labute approximate surface area is 83.5 Å². The van der Waals surface area contributed by atoms with Crippen LogP contribution in [0.4, 0.5) is 0 Å². The highest BCUT2D eigenvalue weighted by Crippen LogP contribution is 2.19. The molecule has 0 aromatic carbocycles. The normalized spacial score (nSPS) is 15.0. The molecule has 2 N–H and O–H groups in total. The van der Waals surface area contributed by atoms with Crippen molar-refractivity contribution in [3.63, 3.8) is 0 Å². The Kier molecular flexibility index (Phi) is 5.57. The standard InChI is InChI=1S/C11H26N2/c1-6-8-13(5)9-7-10(12)11(2,3)4/h10H,6-9,12H2,1-5H3. The summed E-state index contributed by atoms with van der Waals surface area (Å²) in [6.07, 6.45) is 2.32. The van der Waals surface area contributed by atoms with Crippen LogP contribution in [-0.2, 0) is 0 Å². The van der Waals surface area contributed by atoms with Crippen molar-refractivity contribution in [2.75, 3.05) is 20.1 Å². The van der Waals surface area contributed by atoms with Gasteiger partial charge >= 0.3 is 0 Å². The molecule has 0 spiro atoms. The lowest BCUT2D eigenvalue weighted by Crippen LogP contribution is -2.38. The lowest BCUT2D eigenvalue weighted by molar-refractivity contribution is 0.255. The molecule has 0 aromatic rings. The van der Waals surface area contributed by atoms with Crippen LogP contribution < -0.4 is 5.73 Å². The van der Waals surface area contributed by atoms with Crippen LogP contribution in [-0.4, -0.2) is 31.1 Å². The Balaban J connectivity index is 3.63. The lowest BCUT2D eigenvalue weighted by Gasteiger charge is -2.28. The van der Waals surface area contributed by atoms with E-state index in [1.807, 2.05) is 0 Å². The summed E-state index contributed by atoms with van der Waals surface area (Å²) in [5.74, 6) is 0. The number of rotatable bonds is 5. The molecule has 0 aliphatic rings. The van der Waals surface area contributed by atoms with Gasteiger partial charge in [-0.25, -0.2) is 0 Å². The predicted octanol–water partition coefficient (Wildman–Crippen LogP) is 2.09. The molecule has 0 saturated heterocycles. The van der Waals surface area contributed by atoms with E-state index in [1.54, 1.807) is 0 Å². The fourth-order valence-electron chi connectivity index (χ4n) is 1.29. The number of hydrogen-bond donors (Lipinski definition) is 1. The first-order valence-electron chi connectivity index (χ1n) is 5.32. The molecule has 0 rings (SSSR count). The second kappa shape index (κ2) is 5.61. The van der Waals surface area contributed by atoms with Crippen molar-refractivity contribution in [1.82, 2.24) is 4.90 Å². The van der Waals surface area contributed by atoms with Gasteiger partial charge in [-0.15, -0.1) is 0 Å². The number of nitrogens with two attached hydrogens (primary N) is 1. The molecule has 0 heterocycles. The smallest absolute Gasteiger partial charge is 0.00998 e. The summed E-state index contributed by atoms with van der Waals surface area (Å²) in [5, 5.41) is 0. The molecular weight excluding hydrogens is 160 g/mol. The molecule has 2 nitrogen and oxygen atoms in total. The summed E-state index contributed by atoms with van der Waals surface area (Å²) >= 11 is 0. The topological polar surface area (TPSA) is 29.3 Å². The van der Waals surface area contributed by atoms with Gasteiger partial charge in [0.1, 0.15) is 0 Å². The predicted molar refractivity (Wildman–Crippen MR) is 59.8 cm³/mol. The molecule has 0 aromatic heterocycles. The zero-order chi connectivity index (χ0) is 10.5. The van der Waals surface area contributed by atoms with Gasteiger partial charge in [-0.3, -0.25) is 0 Å². The molecule has 1 unspecified atom stereocenters. The fourth-order valence-corrected chi connectivity index (χ4v) is 1.29. The molecule has 1 atom stereocenters. The maximum Gasteiger partial charge on any atom is 0.00998 e. The Morgan fingerprint density at radius 3 is 2.15 bits per heavy atom. The molecule has 0 amide bonds. The van der Waals surface area contributed by atoms with Crippen molar-refractivity contribution < 1.29 is 0 Å². The molecule has 80 valence electrons. The molecule has 0 aliphatic carbocycles. The van der Waals surface area contributed by atoms with Crippen LogP contribution in [0.3, 0.4) is 0 Å². The van der Waals surface area contributed by atoms with E-state index in [9.17, 15) is 0 Å². The highest BCUT2D eigenvalue weighted by atomic mass is 15.1. The van der Waals surface area contributed by atoms with Gasteiger partial charge in [0.25, 0.3) is 0 Å². The van der Waals surface area contributed by atoms with Gasteiger partial charge in [0, 0.05) is 6.04 Å². The van der Waals surface area contributed by atoms with Gasteiger partial charge in [0.2, 0.25) is 0 Å². The Morgan fingerprint density at radius 2 is 1.77 bits per heavy atom. The molecule has 0 bridgehead atoms. The molecule has 0 radical (unpaired) electrons. The van der Waals surface area contributed by atoms with E-state index in [0.717, 1.165) is 13.0 Å². The third-order valence-corrected chi connectivity index (χ3v) is 2.54. The first-order chi connectivity index (χ1) is 5.88. The molecule has 0 saturated carbocycles. The van der Waals surface area contributed by atoms with Gasteiger partial charge in [-0.2, -0.15) is 0 Å². The van der Waals surface area contributed by atoms with Crippen LogP contribution >= 0.6 is 0 Å². The average Bonchev–Trinajstić information content (AvgIpc) is 1.99. The lowest BCUT2D eigenvalue weighted by atomic mass is 9.85. The maximum absolute atomic E-state index is 6.07. The minimum absolute atomic E-state index is 0.243. The van der Waals surface area contributed by atoms with E-state index in [1.165, 1.54) is 13.0 Å². The molecule has 13 heavy (non-hydrogen) atoms. The van der Waals surface area contributed by atoms with Crippen LogP contribution in [0.1, 0.15) is 40.5 Å². The first kappa shape index (κ1) is 12.9. The minimum Gasteiger partial charge on any atom is -0.327 e. The van der Waals surface area contributed by atoms with Crippen molar-refractivity contribution in [1.29, 1.82) is 0 Å². The quantitative estimate of drug-likeness (QED) is 0.712. The highest BCUT2D eigenvalue weighted by Gasteiger charge is 2.20. The first-order valence-corrected chi connectivity index (χ1v) is 5.32. The van der Waals surface area contributed by atoms with Crippen molar-refractivity contribution in [3.8, 4) is 0 Å². The number of nitrogens with zero attached hydrogens (tertiary/aromatic N) is 1. The largest absolute Gasteiger partial charge is 0.327 e. The van der Waals surface area contributed by atoms with E-state index < -0.39 is 0 Å². The van der Waals surface area contributed by atoms with Gasteiger partial charge in [-0.1, -0.05) is 27.7 Å². The Morgan fingerprint density at radius 1 is 1.23 bits per heavy atom. The summed E-state index contributed by atoms with van der Waals surface area (Å²) in [5.41, 5.74) is 6.31. The van der Waals surface area contributed by atoms with E-state index >= 15 is 0 Å². The van der Waals surface area contributed by atoms with E-state index in [4.69, 9.17) is 5.73 Å². The van der Waals surface area contributed by atoms with E-state index in [0.29, 0.717) is 6.04 Å². The van der Waals surface area contributed by atoms with Crippen molar-refractivity contribution in [2.24, 2.45) is 11.1 Å². The Bertz CT molecular complexity index is 127. The minimum atomic E-state index is 0.243. The van der Waals surface area contributed by atoms with Crippen molar-refractivity contribution >= 4 is 0 Å². The number of hydrogen-bond acceptors (Lipinski definition) is 2. The van der Waals surface area contributed by atoms with Gasteiger partial charge < -0.3 is 10.6 Å². The van der Waals surface area contributed by atoms with Crippen LogP contribution in [0.5, 0.6) is 0 Å². The second-order valence-electron chi connectivity index (χ2n) is 5.06. The molecule has 0 fully saturated rings. The second-order valence-corrected chi connectivity index (χ2v) is 5.06. The summed E-state index contributed by atoms with van der Waals surface area (Å²) in [6, 6.07) is 0.312. The third-order valence-electron chi connectivity index (χ3n) is 2.54. The SMILES string of the molecule is CCCN(C)CCC(N)C(C)(C)C. The van der Waals surface area contributed by atoms with Gasteiger partial charge in [-0.05, 0) is 38.4 Å². The van der Waals surface area contributed by atoms with Crippen molar-refractivity contribution in [3.05, 3.63) is 0 Å². The van der Waals surface area contributed by atoms with Crippen LogP contribution in [0, 0.1) is 5.41 Å². The zero-order valence-electron chi connectivity index (χ0n) is 9.93. The van der Waals surface area contributed by atoms with E-state index in [-0.39, 0.29) is 5.41 Å². The Hall–Kier alpha value is -0.0800. The summed E-state index contributed by atoms with van der Waals surface area (Å²) in [6.45, 7) is 11.1. The summed E-state index contributed by atoms with van der Waals surface area (Å²) in [4.78, 5) is 2.35. The highest BCUT2D eigenvalue weighted by molar-refractivity contribution is 4.77. The summed E-state index contributed by atoms with van der Waals surface area (Å²) in [7, 11) is 2.17. The third kappa shape index (κ3) is 6.05. The van der Waals surface area contributed by atoms with Crippen LogP contribution in [0.15, 0.2) is 0 Å². The van der Waals surface area contributed by atoms with Crippen LogP contribution in [0.2, 0.25) is 0 Å². The van der Waals surface area contributed by atoms with Gasteiger partial charge in [0.15, 0.2) is 0 Å². The summed E-state index contributed by atoms with van der Waals surface area (Å²) < 4.78 is 0. The van der Waals surface area contributed by atoms with E-state index in [2.05, 4.69) is 39.6 Å².